The molecule has 4 aromatic carbocycles. The zero-order valence-corrected chi connectivity index (χ0v) is 24.5. The van der Waals surface area contributed by atoms with Crippen LogP contribution in [-0.2, 0) is 24.1 Å². The highest BCUT2D eigenvalue weighted by atomic mass is 32.2. The molecule has 1 aliphatic carbocycles. The standard InChI is InChI=1S/C34H30FNO7S/c35-24-11-15-26(16-12-24)43-25-13-9-23(10-14-25)34(21-32(37)38)17-18-36(19-20-44(34,40)41)33(39)42-22-31-29-7-3-1-5-27(29)28-6-2-4-8-30(28)31/h1-16,31H,17-22H2,(H,37,38). The fourth-order valence-corrected chi connectivity index (χ4v) is 8.30. The number of halogens is 1. The maximum absolute atomic E-state index is 13.8. The lowest BCUT2D eigenvalue weighted by Gasteiger charge is -2.31. The third kappa shape index (κ3) is 5.53. The number of nitrogens with zero attached hydrogens (tertiary/aromatic N) is 1. The summed E-state index contributed by atoms with van der Waals surface area (Å²) in [6, 6.07) is 27.5. The first-order chi connectivity index (χ1) is 21.2. The fourth-order valence-electron chi connectivity index (χ4n) is 6.21. The van der Waals surface area contributed by atoms with Crippen LogP contribution in [0.2, 0.25) is 0 Å². The minimum atomic E-state index is -4.04. The van der Waals surface area contributed by atoms with Gasteiger partial charge in [-0.1, -0.05) is 60.7 Å². The Kier molecular flexibility index (Phi) is 7.85. The molecular weight excluding hydrogens is 585 g/mol. The minimum Gasteiger partial charge on any atom is -0.481 e. The topological polar surface area (TPSA) is 110 Å². The maximum Gasteiger partial charge on any atom is 0.409 e. The van der Waals surface area contributed by atoms with E-state index in [0.29, 0.717) is 17.1 Å². The SMILES string of the molecule is O=C(O)CC1(c2ccc(Oc3ccc(F)cc3)cc2)CCN(C(=O)OCC2c3ccccc3-c3ccccc32)CCS1(=O)=O. The van der Waals surface area contributed by atoms with Gasteiger partial charge in [0.25, 0.3) is 0 Å². The molecule has 8 nitrogen and oxygen atoms in total. The zero-order chi connectivity index (χ0) is 30.9. The van der Waals surface area contributed by atoms with E-state index >= 15 is 0 Å². The van der Waals surface area contributed by atoms with E-state index in [2.05, 4.69) is 0 Å². The highest BCUT2D eigenvalue weighted by molar-refractivity contribution is 7.92. The van der Waals surface area contributed by atoms with Crippen molar-refractivity contribution < 1.29 is 37.0 Å². The van der Waals surface area contributed by atoms with Gasteiger partial charge in [-0.25, -0.2) is 17.6 Å². The molecule has 2 aliphatic rings. The van der Waals surface area contributed by atoms with Gasteiger partial charge in [0.2, 0.25) is 0 Å². The second-order valence-electron chi connectivity index (χ2n) is 11.0. The third-order valence-corrected chi connectivity index (χ3v) is 11.0. The minimum absolute atomic E-state index is 0.00296. The van der Waals surface area contributed by atoms with Crippen LogP contribution in [0.25, 0.3) is 11.1 Å². The summed E-state index contributed by atoms with van der Waals surface area (Å²) in [5, 5.41) is 9.80. The highest BCUT2D eigenvalue weighted by Crippen LogP contribution is 2.45. The van der Waals surface area contributed by atoms with E-state index in [1.807, 2.05) is 48.5 Å². The van der Waals surface area contributed by atoms with Crippen molar-refractivity contribution in [3.8, 4) is 22.6 Å². The molecule has 1 fully saturated rings. The van der Waals surface area contributed by atoms with Crippen molar-refractivity contribution in [2.24, 2.45) is 0 Å². The largest absolute Gasteiger partial charge is 0.481 e. The van der Waals surface area contributed by atoms with Gasteiger partial charge >= 0.3 is 12.1 Å². The molecule has 0 spiro atoms. The summed E-state index contributed by atoms with van der Waals surface area (Å²) in [5.41, 5.74) is 4.61. The predicted octanol–water partition coefficient (Wildman–Crippen LogP) is 6.36. The normalized spacial score (nSPS) is 19.0. The lowest BCUT2D eigenvalue weighted by atomic mass is 9.91. The number of benzene rings is 4. The van der Waals surface area contributed by atoms with Gasteiger partial charge in [0.1, 0.15) is 28.7 Å². The average Bonchev–Trinajstić information content (AvgIpc) is 3.26. The number of sulfone groups is 1. The van der Waals surface area contributed by atoms with E-state index in [4.69, 9.17) is 9.47 Å². The molecule has 0 radical (unpaired) electrons. The van der Waals surface area contributed by atoms with E-state index in [-0.39, 0.29) is 32.0 Å². The number of carbonyl (C=O) groups is 2. The van der Waals surface area contributed by atoms with Gasteiger partial charge in [-0.2, -0.15) is 0 Å². The second kappa shape index (κ2) is 11.8. The average molecular weight is 616 g/mol. The first-order valence-corrected chi connectivity index (χ1v) is 15.9. The number of hydrogen-bond acceptors (Lipinski definition) is 6. The van der Waals surface area contributed by atoms with E-state index < -0.39 is 44.6 Å². The molecule has 1 atom stereocenters. The quantitative estimate of drug-likeness (QED) is 0.258. The van der Waals surface area contributed by atoms with E-state index in [1.54, 1.807) is 12.1 Å². The maximum atomic E-state index is 13.8. The summed E-state index contributed by atoms with van der Waals surface area (Å²) in [4.78, 5) is 26.7. The van der Waals surface area contributed by atoms with Gasteiger partial charge in [-0.05, 0) is 70.6 Å². The van der Waals surface area contributed by atoms with Crippen LogP contribution < -0.4 is 4.74 Å². The second-order valence-corrected chi connectivity index (χ2v) is 13.4. The van der Waals surface area contributed by atoms with Crippen LogP contribution in [0.1, 0.15) is 35.4 Å². The molecule has 1 aliphatic heterocycles. The Hall–Kier alpha value is -4.70. The van der Waals surface area contributed by atoms with Crippen LogP contribution in [0.3, 0.4) is 0 Å². The van der Waals surface area contributed by atoms with Gasteiger partial charge in [-0.3, -0.25) is 4.79 Å². The van der Waals surface area contributed by atoms with Crippen LogP contribution in [0, 0.1) is 5.82 Å². The fraction of sp³-hybridized carbons (Fsp3) is 0.235. The molecule has 0 aromatic heterocycles. The molecule has 10 heteroatoms. The number of amides is 1. The molecule has 1 heterocycles. The molecule has 1 unspecified atom stereocenters. The van der Waals surface area contributed by atoms with Crippen molar-refractivity contribution in [3.63, 3.8) is 0 Å². The number of fused-ring (bicyclic) bond motifs is 3. The number of hydrogen-bond donors (Lipinski definition) is 1. The van der Waals surface area contributed by atoms with Gasteiger partial charge in [0.15, 0.2) is 9.84 Å². The number of carboxylic acids is 1. The van der Waals surface area contributed by atoms with Crippen molar-refractivity contribution in [3.05, 3.63) is 120 Å². The van der Waals surface area contributed by atoms with Gasteiger partial charge in [-0.15, -0.1) is 0 Å². The highest BCUT2D eigenvalue weighted by Gasteiger charge is 2.49. The molecule has 1 amide bonds. The molecule has 226 valence electrons. The first-order valence-electron chi connectivity index (χ1n) is 14.2. The number of carbonyl (C=O) groups excluding carboxylic acids is 1. The molecule has 0 bridgehead atoms. The molecule has 44 heavy (non-hydrogen) atoms. The number of rotatable bonds is 7. The molecule has 0 saturated carbocycles. The molecule has 1 saturated heterocycles. The Morgan fingerprint density at radius 2 is 1.41 bits per heavy atom. The lowest BCUT2D eigenvalue weighted by molar-refractivity contribution is -0.137. The van der Waals surface area contributed by atoms with Crippen molar-refractivity contribution in [1.82, 2.24) is 4.90 Å². The Morgan fingerprint density at radius 1 is 0.841 bits per heavy atom. The van der Waals surface area contributed by atoms with Crippen LogP contribution in [0.4, 0.5) is 9.18 Å². The Bertz CT molecular complexity index is 1760. The molecule has 4 aromatic rings. The first kappa shape index (κ1) is 29.4. The summed E-state index contributed by atoms with van der Waals surface area (Å²) in [6.45, 7) is -0.0327. The summed E-state index contributed by atoms with van der Waals surface area (Å²) >= 11 is 0. The monoisotopic (exact) mass is 615 g/mol. The van der Waals surface area contributed by atoms with Crippen molar-refractivity contribution in [2.45, 2.75) is 23.5 Å². The van der Waals surface area contributed by atoms with Crippen LogP contribution >= 0.6 is 0 Å². The molecular formula is C34H30FNO7S. The Balaban J connectivity index is 1.20. The van der Waals surface area contributed by atoms with Crippen LogP contribution in [0.15, 0.2) is 97.1 Å². The zero-order valence-electron chi connectivity index (χ0n) is 23.7. The van der Waals surface area contributed by atoms with Crippen molar-refractivity contribution in [1.29, 1.82) is 0 Å². The number of ether oxygens (including phenoxy) is 2. The summed E-state index contributed by atoms with van der Waals surface area (Å²) in [7, 11) is -4.04. The third-order valence-electron chi connectivity index (χ3n) is 8.47. The lowest BCUT2D eigenvalue weighted by Crippen LogP contribution is -2.39. The van der Waals surface area contributed by atoms with Gasteiger partial charge in [0, 0.05) is 19.0 Å². The number of aliphatic carboxylic acids is 1. The summed E-state index contributed by atoms with van der Waals surface area (Å²) < 4.78 is 50.5. The smallest absolute Gasteiger partial charge is 0.409 e. The van der Waals surface area contributed by atoms with Crippen LogP contribution in [0.5, 0.6) is 11.5 Å². The van der Waals surface area contributed by atoms with Crippen molar-refractivity contribution >= 4 is 21.9 Å². The Labute approximate surface area is 254 Å². The summed E-state index contributed by atoms with van der Waals surface area (Å²) in [5.74, 6) is -1.48. The van der Waals surface area contributed by atoms with Crippen LogP contribution in [-0.4, -0.2) is 55.9 Å². The molecule has 6 rings (SSSR count). The molecule has 1 N–H and O–H groups in total. The summed E-state index contributed by atoms with van der Waals surface area (Å²) in [6.07, 6.45) is -1.42. The number of carboxylic acid groups (broad SMARTS) is 1. The Morgan fingerprint density at radius 3 is 2.00 bits per heavy atom. The van der Waals surface area contributed by atoms with Gasteiger partial charge < -0.3 is 19.5 Å². The van der Waals surface area contributed by atoms with Crippen molar-refractivity contribution in [2.75, 3.05) is 25.4 Å². The van der Waals surface area contributed by atoms with Gasteiger partial charge in [0.05, 0.1) is 12.2 Å². The van der Waals surface area contributed by atoms with E-state index in [9.17, 15) is 27.5 Å². The van der Waals surface area contributed by atoms with E-state index in [0.717, 1.165) is 22.3 Å². The van der Waals surface area contributed by atoms with E-state index in [1.165, 1.54) is 41.3 Å². The predicted molar refractivity (Wildman–Crippen MR) is 162 cm³/mol.